The topological polar surface area (TPSA) is 76.5 Å². The summed E-state index contributed by atoms with van der Waals surface area (Å²) in [5, 5.41) is 3.62. The van der Waals surface area contributed by atoms with Gasteiger partial charge in [0.2, 0.25) is 0 Å². The number of amides is 2. The van der Waals surface area contributed by atoms with Crippen LogP contribution in [0.5, 0.6) is 5.75 Å². The second-order valence-corrected chi connectivity index (χ2v) is 9.62. The Hall–Kier alpha value is -4.13. The molecule has 1 N–H and O–H groups in total. The molecule has 0 radical (unpaired) electrons. The Morgan fingerprint density at radius 1 is 0.949 bits per heavy atom. The highest BCUT2D eigenvalue weighted by Crippen LogP contribution is 2.30. The van der Waals surface area contributed by atoms with Crippen molar-refractivity contribution in [2.24, 2.45) is 0 Å². The molecule has 3 aromatic carbocycles. The van der Waals surface area contributed by atoms with Crippen LogP contribution >= 0.6 is 0 Å². The van der Waals surface area contributed by atoms with E-state index in [0.717, 1.165) is 31.2 Å². The van der Waals surface area contributed by atoms with Gasteiger partial charge in [0.1, 0.15) is 11.6 Å². The second-order valence-electron chi connectivity index (χ2n) is 9.62. The molecule has 0 spiro atoms. The van der Waals surface area contributed by atoms with Crippen molar-refractivity contribution in [3.63, 3.8) is 0 Å². The summed E-state index contributed by atoms with van der Waals surface area (Å²) in [4.78, 5) is 34.6. The Morgan fingerprint density at radius 2 is 1.67 bits per heavy atom. The minimum atomic E-state index is -0.426. The molecule has 1 atom stereocenters. The van der Waals surface area contributed by atoms with E-state index in [1.54, 1.807) is 17.7 Å². The lowest BCUT2D eigenvalue weighted by molar-refractivity contribution is 0.166. The maximum Gasteiger partial charge on any atom is 0.318 e. The molecule has 0 aliphatic heterocycles. The van der Waals surface area contributed by atoms with E-state index in [1.807, 2.05) is 84.6 Å². The molecule has 4 rings (SSSR count). The van der Waals surface area contributed by atoms with Crippen LogP contribution in [-0.4, -0.2) is 34.1 Å². The third kappa shape index (κ3) is 6.48. The van der Waals surface area contributed by atoms with E-state index in [0.29, 0.717) is 47.7 Å². The molecular formula is C32H38N4O3. The number of rotatable bonds is 12. The predicted octanol–water partition coefficient (Wildman–Crippen LogP) is 6.64. The molecule has 204 valence electrons. The zero-order chi connectivity index (χ0) is 27.6. The third-order valence-corrected chi connectivity index (χ3v) is 6.99. The summed E-state index contributed by atoms with van der Waals surface area (Å²) in [6.07, 6.45) is 4.70. The molecule has 1 unspecified atom stereocenters. The lowest BCUT2D eigenvalue weighted by Gasteiger charge is -2.32. The molecule has 0 saturated heterocycles. The highest BCUT2D eigenvalue weighted by molar-refractivity contribution is 5.78. The first kappa shape index (κ1) is 27.9. The van der Waals surface area contributed by atoms with Gasteiger partial charge in [0, 0.05) is 13.1 Å². The van der Waals surface area contributed by atoms with E-state index >= 15 is 0 Å². The average molecular weight is 527 g/mol. The van der Waals surface area contributed by atoms with Crippen molar-refractivity contribution in [2.75, 3.05) is 13.7 Å². The van der Waals surface area contributed by atoms with Crippen LogP contribution in [0.4, 0.5) is 4.79 Å². The number of hydrogen-bond donors (Lipinski definition) is 1. The number of ether oxygens (including phenoxy) is 1. The standard InChI is InChI=1S/C32H38N4O3/c1-4-6-7-15-22-35(32(38)33-23-24-16-9-8-10-17-24)27(5-2)30-34-26-19-12-11-18-25(26)31(37)36(30)28-20-13-14-21-29(28)39-3/h8-14,16-21,27H,4-7,15,22-23H2,1-3H3,(H,33,38). The zero-order valence-electron chi connectivity index (χ0n) is 23.1. The van der Waals surface area contributed by atoms with E-state index in [1.165, 1.54) is 0 Å². The van der Waals surface area contributed by atoms with Crippen molar-refractivity contribution >= 4 is 16.9 Å². The summed E-state index contributed by atoms with van der Waals surface area (Å²) in [5.74, 6) is 1.09. The summed E-state index contributed by atoms with van der Waals surface area (Å²) in [6, 6.07) is 24.1. The summed E-state index contributed by atoms with van der Waals surface area (Å²) >= 11 is 0. The average Bonchev–Trinajstić information content (AvgIpc) is 2.98. The molecular weight excluding hydrogens is 488 g/mol. The quantitative estimate of drug-likeness (QED) is 0.210. The Morgan fingerprint density at radius 3 is 2.41 bits per heavy atom. The number of benzene rings is 3. The van der Waals surface area contributed by atoms with Crippen molar-refractivity contribution in [2.45, 2.75) is 58.5 Å². The minimum Gasteiger partial charge on any atom is -0.495 e. The number of hydrogen-bond acceptors (Lipinski definition) is 4. The molecule has 1 heterocycles. The van der Waals surface area contributed by atoms with Crippen LogP contribution < -0.4 is 15.6 Å². The number of nitrogens with one attached hydrogen (secondary N) is 1. The molecule has 0 fully saturated rings. The Bertz CT molecular complexity index is 1430. The summed E-state index contributed by atoms with van der Waals surface area (Å²) in [7, 11) is 1.59. The van der Waals surface area contributed by atoms with Crippen molar-refractivity contribution in [1.29, 1.82) is 0 Å². The smallest absolute Gasteiger partial charge is 0.318 e. The van der Waals surface area contributed by atoms with Gasteiger partial charge in [0.05, 0.1) is 29.7 Å². The van der Waals surface area contributed by atoms with Crippen LogP contribution in [0.15, 0.2) is 83.7 Å². The Balaban J connectivity index is 1.81. The predicted molar refractivity (Wildman–Crippen MR) is 156 cm³/mol. The first-order valence-corrected chi connectivity index (χ1v) is 13.8. The van der Waals surface area contributed by atoms with Crippen LogP contribution in [0.3, 0.4) is 0 Å². The van der Waals surface area contributed by atoms with Gasteiger partial charge in [-0.1, -0.05) is 87.7 Å². The van der Waals surface area contributed by atoms with Gasteiger partial charge in [-0.25, -0.2) is 9.78 Å². The number of nitrogens with zero attached hydrogens (tertiary/aromatic N) is 3. The highest BCUT2D eigenvalue weighted by atomic mass is 16.5. The van der Waals surface area contributed by atoms with Crippen molar-refractivity contribution in [3.8, 4) is 11.4 Å². The molecule has 39 heavy (non-hydrogen) atoms. The van der Waals surface area contributed by atoms with Crippen LogP contribution in [0, 0.1) is 0 Å². The van der Waals surface area contributed by atoms with Gasteiger partial charge in [-0.15, -0.1) is 0 Å². The minimum absolute atomic E-state index is 0.170. The fourth-order valence-corrected chi connectivity index (χ4v) is 4.95. The summed E-state index contributed by atoms with van der Waals surface area (Å²) < 4.78 is 7.27. The molecule has 7 heteroatoms. The number of unbranched alkanes of at least 4 members (excludes halogenated alkanes) is 3. The number of aromatic nitrogens is 2. The number of carbonyl (C=O) groups is 1. The number of methoxy groups -OCH3 is 1. The fourth-order valence-electron chi connectivity index (χ4n) is 4.95. The van der Waals surface area contributed by atoms with Gasteiger partial charge < -0.3 is 15.0 Å². The number of urea groups is 1. The largest absolute Gasteiger partial charge is 0.495 e. The lowest BCUT2D eigenvalue weighted by atomic mass is 10.1. The third-order valence-electron chi connectivity index (χ3n) is 6.99. The van der Waals surface area contributed by atoms with Crippen molar-refractivity contribution < 1.29 is 9.53 Å². The van der Waals surface area contributed by atoms with E-state index in [4.69, 9.17) is 9.72 Å². The molecule has 2 amide bonds. The number of carbonyl (C=O) groups excluding carboxylic acids is 1. The van der Waals surface area contributed by atoms with Crippen LogP contribution in [-0.2, 0) is 6.54 Å². The van der Waals surface area contributed by atoms with Crippen LogP contribution in [0.1, 0.15) is 63.4 Å². The summed E-state index contributed by atoms with van der Waals surface area (Å²) in [6.45, 7) is 5.19. The van der Waals surface area contributed by atoms with Crippen molar-refractivity contribution in [1.82, 2.24) is 19.8 Å². The zero-order valence-corrected chi connectivity index (χ0v) is 23.1. The SMILES string of the molecule is CCCCCCN(C(=O)NCc1ccccc1)C(CC)c1nc2ccccc2c(=O)n1-c1ccccc1OC. The maximum absolute atomic E-state index is 14.0. The van der Waals surface area contributed by atoms with E-state index in [9.17, 15) is 9.59 Å². The lowest BCUT2D eigenvalue weighted by Crippen LogP contribution is -2.44. The van der Waals surface area contributed by atoms with Gasteiger partial charge in [0.15, 0.2) is 0 Å². The highest BCUT2D eigenvalue weighted by Gasteiger charge is 2.29. The molecule has 7 nitrogen and oxygen atoms in total. The van der Waals surface area contributed by atoms with E-state index in [2.05, 4.69) is 12.2 Å². The molecule has 0 aliphatic carbocycles. The first-order valence-electron chi connectivity index (χ1n) is 13.8. The summed E-state index contributed by atoms with van der Waals surface area (Å²) in [5.41, 5.74) is 2.05. The fraction of sp³-hybridized carbons (Fsp3) is 0.344. The van der Waals surface area contributed by atoms with Gasteiger partial charge in [0.25, 0.3) is 5.56 Å². The monoisotopic (exact) mass is 526 g/mol. The molecule has 0 saturated carbocycles. The van der Waals surface area contributed by atoms with E-state index < -0.39 is 6.04 Å². The number of para-hydroxylation sites is 3. The van der Waals surface area contributed by atoms with Crippen molar-refractivity contribution in [3.05, 3.63) is 101 Å². The Labute approximate surface area is 230 Å². The maximum atomic E-state index is 14.0. The molecule has 0 aliphatic rings. The van der Waals surface area contributed by atoms with Gasteiger partial charge in [-0.2, -0.15) is 0 Å². The van der Waals surface area contributed by atoms with Crippen LogP contribution in [0.2, 0.25) is 0 Å². The normalized spacial score (nSPS) is 11.8. The van der Waals surface area contributed by atoms with Crippen LogP contribution in [0.25, 0.3) is 16.6 Å². The molecule has 1 aromatic heterocycles. The van der Waals surface area contributed by atoms with Gasteiger partial charge in [-0.05, 0) is 42.7 Å². The van der Waals surface area contributed by atoms with Gasteiger partial charge >= 0.3 is 6.03 Å². The first-order chi connectivity index (χ1) is 19.1. The molecule has 4 aromatic rings. The number of fused-ring (bicyclic) bond motifs is 1. The van der Waals surface area contributed by atoms with E-state index in [-0.39, 0.29) is 11.6 Å². The Kier molecular flexibility index (Phi) is 9.73. The van der Waals surface area contributed by atoms with Gasteiger partial charge in [-0.3, -0.25) is 9.36 Å². The molecule has 0 bridgehead atoms. The second kappa shape index (κ2) is 13.6.